The monoisotopic (exact) mass is 292 g/mol. The predicted molar refractivity (Wildman–Crippen MR) is 74.2 cm³/mol. The molecule has 0 spiro atoms. The van der Waals surface area contributed by atoms with Crippen molar-refractivity contribution in [3.8, 4) is 5.75 Å². The van der Waals surface area contributed by atoms with E-state index in [2.05, 4.69) is 10.3 Å². The van der Waals surface area contributed by atoms with Crippen LogP contribution in [0.2, 0.25) is 0 Å². The summed E-state index contributed by atoms with van der Waals surface area (Å²) in [4.78, 5) is 25.6. The fraction of sp³-hybridized carbons (Fsp3) is 0.154. The van der Waals surface area contributed by atoms with E-state index in [4.69, 9.17) is 9.84 Å². The second-order valence-electron chi connectivity index (χ2n) is 3.95. The van der Waals surface area contributed by atoms with Gasteiger partial charge in [-0.05, 0) is 12.1 Å². The molecule has 0 unspecified atom stereocenters. The lowest BCUT2D eigenvalue weighted by Gasteiger charge is -2.07. The first-order valence-corrected chi connectivity index (χ1v) is 6.60. The highest BCUT2D eigenvalue weighted by atomic mass is 32.1. The average Bonchev–Trinajstić information content (AvgIpc) is 2.85. The highest BCUT2D eigenvalue weighted by Gasteiger charge is 2.09. The Morgan fingerprint density at radius 3 is 2.90 bits per heavy atom. The van der Waals surface area contributed by atoms with Gasteiger partial charge < -0.3 is 15.2 Å². The molecule has 0 aliphatic rings. The number of carbonyl (C=O) groups excluding carboxylic acids is 1. The third-order valence-corrected chi connectivity index (χ3v) is 3.15. The molecule has 1 heterocycles. The summed E-state index contributed by atoms with van der Waals surface area (Å²) in [7, 11) is 0. The van der Waals surface area contributed by atoms with Crippen LogP contribution in [0, 0.1) is 0 Å². The Labute approximate surface area is 119 Å². The molecule has 0 bridgehead atoms. The minimum absolute atomic E-state index is 0.0376. The van der Waals surface area contributed by atoms with E-state index < -0.39 is 5.97 Å². The van der Waals surface area contributed by atoms with Crippen molar-refractivity contribution in [2.45, 2.75) is 13.5 Å². The summed E-state index contributed by atoms with van der Waals surface area (Å²) in [5.74, 6) is -0.636. The average molecular weight is 292 g/mol. The van der Waals surface area contributed by atoms with Crippen LogP contribution in [0.4, 0.5) is 5.69 Å². The van der Waals surface area contributed by atoms with Gasteiger partial charge in [0.25, 0.3) is 0 Å². The van der Waals surface area contributed by atoms with E-state index in [0.29, 0.717) is 17.1 Å². The Bertz CT molecular complexity index is 639. The van der Waals surface area contributed by atoms with Crippen molar-refractivity contribution in [3.05, 3.63) is 40.3 Å². The van der Waals surface area contributed by atoms with Gasteiger partial charge in [0, 0.05) is 24.1 Å². The molecular formula is C13H12N2O4S. The number of nitrogens with one attached hydrogen (secondary N) is 1. The number of aromatic nitrogens is 1. The van der Waals surface area contributed by atoms with Gasteiger partial charge in [0.1, 0.15) is 12.4 Å². The molecule has 2 N–H and O–H groups in total. The molecule has 0 saturated heterocycles. The van der Waals surface area contributed by atoms with Crippen LogP contribution < -0.4 is 10.1 Å². The molecule has 20 heavy (non-hydrogen) atoms. The number of carboxylic acid groups (broad SMARTS) is 1. The fourth-order valence-corrected chi connectivity index (χ4v) is 2.13. The van der Waals surface area contributed by atoms with Crippen LogP contribution in [0.3, 0.4) is 0 Å². The minimum atomic E-state index is -1.05. The highest BCUT2D eigenvalue weighted by molar-refractivity contribution is 7.11. The van der Waals surface area contributed by atoms with Crippen molar-refractivity contribution in [3.63, 3.8) is 0 Å². The van der Waals surface area contributed by atoms with Crippen LogP contribution in [0.25, 0.3) is 0 Å². The van der Waals surface area contributed by atoms with E-state index in [1.54, 1.807) is 29.6 Å². The van der Waals surface area contributed by atoms with Gasteiger partial charge in [-0.1, -0.05) is 6.07 Å². The molecule has 0 aliphatic heterocycles. The number of anilines is 1. The van der Waals surface area contributed by atoms with Crippen molar-refractivity contribution in [1.29, 1.82) is 0 Å². The Balaban J connectivity index is 1.99. The maximum absolute atomic E-state index is 11.0. The lowest BCUT2D eigenvalue weighted by Crippen LogP contribution is -2.05. The zero-order chi connectivity index (χ0) is 14.5. The van der Waals surface area contributed by atoms with Crippen LogP contribution in [0.15, 0.2) is 29.6 Å². The number of benzene rings is 1. The number of nitrogens with zero attached hydrogens (tertiary/aromatic N) is 1. The van der Waals surface area contributed by atoms with Crippen LogP contribution >= 0.6 is 11.3 Å². The summed E-state index contributed by atoms with van der Waals surface area (Å²) < 4.78 is 5.51. The summed E-state index contributed by atoms with van der Waals surface area (Å²) in [5.41, 5.74) is 1.19. The van der Waals surface area contributed by atoms with Gasteiger partial charge in [-0.25, -0.2) is 9.78 Å². The van der Waals surface area contributed by atoms with E-state index in [1.165, 1.54) is 6.92 Å². The first-order chi connectivity index (χ1) is 9.54. The lowest BCUT2D eigenvalue weighted by atomic mass is 10.3. The molecule has 6 nitrogen and oxygen atoms in total. The Morgan fingerprint density at radius 2 is 2.25 bits per heavy atom. The summed E-state index contributed by atoms with van der Waals surface area (Å²) in [6.07, 6.45) is 0. The highest BCUT2D eigenvalue weighted by Crippen LogP contribution is 2.19. The smallest absolute Gasteiger partial charge is 0.365 e. The van der Waals surface area contributed by atoms with Crippen LogP contribution in [0.5, 0.6) is 5.75 Å². The minimum Gasteiger partial charge on any atom is -0.487 e. The molecule has 104 valence electrons. The molecule has 0 saturated carbocycles. The van der Waals surface area contributed by atoms with Crippen molar-refractivity contribution < 1.29 is 19.4 Å². The SMILES string of the molecule is CC(=O)Nc1cccc(OCc2csc(C(=O)O)n2)c1. The number of thiazole rings is 1. The first kappa shape index (κ1) is 14.0. The van der Waals surface area contributed by atoms with Gasteiger partial charge in [-0.3, -0.25) is 4.79 Å². The quantitative estimate of drug-likeness (QED) is 0.883. The third kappa shape index (κ3) is 3.79. The van der Waals surface area contributed by atoms with Gasteiger partial charge in [-0.15, -0.1) is 11.3 Å². The number of hydrogen-bond acceptors (Lipinski definition) is 5. The number of rotatable bonds is 5. The summed E-state index contributed by atoms with van der Waals surface area (Å²) in [5, 5.41) is 13.1. The van der Waals surface area contributed by atoms with Gasteiger partial charge in [-0.2, -0.15) is 0 Å². The molecule has 0 atom stereocenters. The number of amides is 1. The van der Waals surface area contributed by atoms with Crippen molar-refractivity contribution >= 4 is 28.9 Å². The van der Waals surface area contributed by atoms with Crippen LogP contribution in [-0.2, 0) is 11.4 Å². The Hall–Kier alpha value is -2.41. The molecule has 2 aromatic rings. The Morgan fingerprint density at radius 1 is 1.45 bits per heavy atom. The molecule has 0 aliphatic carbocycles. The summed E-state index contributed by atoms with van der Waals surface area (Å²) in [6, 6.07) is 6.94. The molecule has 2 rings (SSSR count). The van der Waals surface area contributed by atoms with Crippen LogP contribution in [0.1, 0.15) is 22.4 Å². The normalized spacial score (nSPS) is 10.1. The van der Waals surface area contributed by atoms with Gasteiger partial charge in [0.15, 0.2) is 0 Å². The summed E-state index contributed by atoms with van der Waals surface area (Å²) >= 11 is 1.06. The third-order valence-electron chi connectivity index (χ3n) is 2.28. The van der Waals surface area contributed by atoms with E-state index in [0.717, 1.165) is 11.3 Å². The van der Waals surface area contributed by atoms with E-state index in [9.17, 15) is 9.59 Å². The van der Waals surface area contributed by atoms with Gasteiger partial charge in [0.2, 0.25) is 10.9 Å². The second-order valence-corrected chi connectivity index (χ2v) is 4.80. The fourth-order valence-electron chi connectivity index (χ4n) is 1.50. The topological polar surface area (TPSA) is 88.5 Å². The zero-order valence-corrected chi connectivity index (χ0v) is 11.4. The number of carboxylic acids is 1. The molecule has 1 amide bonds. The molecule has 0 radical (unpaired) electrons. The summed E-state index contributed by atoms with van der Waals surface area (Å²) in [6.45, 7) is 1.60. The van der Waals surface area contributed by atoms with E-state index >= 15 is 0 Å². The first-order valence-electron chi connectivity index (χ1n) is 5.73. The van der Waals surface area contributed by atoms with E-state index in [1.807, 2.05) is 0 Å². The number of carbonyl (C=O) groups is 2. The largest absolute Gasteiger partial charge is 0.487 e. The predicted octanol–water partition coefficient (Wildman–Crippen LogP) is 2.38. The molecular weight excluding hydrogens is 280 g/mol. The maximum atomic E-state index is 11.0. The van der Waals surface area contributed by atoms with Gasteiger partial charge in [0.05, 0.1) is 5.69 Å². The second kappa shape index (κ2) is 6.16. The zero-order valence-electron chi connectivity index (χ0n) is 10.6. The van der Waals surface area contributed by atoms with Crippen molar-refractivity contribution in [1.82, 2.24) is 4.98 Å². The standard InChI is InChI=1S/C13H12N2O4S/c1-8(16)14-9-3-2-4-11(5-9)19-6-10-7-20-12(15-10)13(17)18/h2-5,7H,6H2,1H3,(H,14,16)(H,17,18). The molecule has 0 fully saturated rings. The molecule has 1 aromatic heterocycles. The molecule has 1 aromatic carbocycles. The Kier molecular flexibility index (Phi) is 4.31. The lowest BCUT2D eigenvalue weighted by molar-refractivity contribution is -0.114. The van der Waals surface area contributed by atoms with Crippen LogP contribution in [-0.4, -0.2) is 22.0 Å². The van der Waals surface area contributed by atoms with Crippen molar-refractivity contribution in [2.75, 3.05) is 5.32 Å². The van der Waals surface area contributed by atoms with Crippen molar-refractivity contribution in [2.24, 2.45) is 0 Å². The van der Waals surface area contributed by atoms with E-state index in [-0.39, 0.29) is 17.5 Å². The number of hydrogen-bond donors (Lipinski definition) is 2. The molecule has 7 heteroatoms. The van der Waals surface area contributed by atoms with Gasteiger partial charge >= 0.3 is 5.97 Å². The maximum Gasteiger partial charge on any atom is 0.365 e. The number of aromatic carboxylic acids is 1. The number of ether oxygens (including phenoxy) is 1.